The summed E-state index contributed by atoms with van der Waals surface area (Å²) in [6.45, 7) is 8.79. The molecule has 4 rings (SSSR count). The standard InChI is InChI=1S/C22H27NO4.ClH/c1-16-3-4-19-18(13-16)22(2)6-5-17(14-20(22)27-19)15-21(24)26-12-9-23-7-10-25-11-8-23;/h3-6,13,15,20H,7-12,14H2,1-2H3;1H/b17-15+;. The number of hydrogen-bond acceptors (Lipinski definition) is 5. The molecule has 0 radical (unpaired) electrons. The molecule has 0 spiro atoms. The highest BCUT2D eigenvalue weighted by atomic mass is 35.5. The lowest BCUT2D eigenvalue weighted by Gasteiger charge is -2.31. The molecule has 2 unspecified atom stereocenters. The van der Waals surface area contributed by atoms with Gasteiger partial charge < -0.3 is 14.2 Å². The smallest absolute Gasteiger partial charge is 0.331 e. The Morgan fingerprint density at radius 2 is 2.14 bits per heavy atom. The van der Waals surface area contributed by atoms with Gasteiger partial charge in [-0.05, 0) is 25.5 Å². The number of carbonyl (C=O) groups is 1. The predicted molar refractivity (Wildman–Crippen MR) is 110 cm³/mol. The molecule has 0 amide bonds. The maximum Gasteiger partial charge on any atom is 0.331 e. The van der Waals surface area contributed by atoms with Crippen LogP contribution in [0.3, 0.4) is 0 Å². The Hall–Kier alpha value is -1.82. The molecule has 5 nitrogen and oxygen atoms in total. The van der Waals surface area contributed by atoms with Crippen molar-refractivity contribution < 1.29 is 19.0 Å². The van der Waals surface area contributed by atoms with E-state index in [1.165, 1.54) is 11.1 Å². The van der Waals surface area contributed by atoms with Crippen LogP contribution in [0, 0.1) is 6.92 Å². The SMILES string of the molecule is Cc1ccc2c(c1)C1(C)C=C/C(=C\C(=O)OCCN3CCOCC3)CC1O2.Cl. The molecule has 0 saturated carbocycles. The van der Waals surface area contributed by atoms with E-state index in [-0.39, 0.29) is 29.9 Å². The molecule has 28 heavy (non-hydrogen) atoms. The maximum atomic E-state index is 12.2. The van der Waals surface area contributed by atoms with E-state index in [9.17, 15) is 4.79 Å². The molecule has 2 atom stereocenters. The number of morpholine rings is 1. The number of hydrogen-bond donors (Lipinski definition) is 0. The van der Waals surface area contributed by atoms with Gasteiger partial charge in [0.15, 0.2) is 0 Å². The van der Waals surface area contributed by atoms with Gasteiger partial charge in [0.25, 0.3) is 0 Å². The van der Waals surface area contributed by atoms with Gasteiger partial charge in [-0.15, -0.1) is 12.4 Å². The zero-order chi connectivity index (χ0) is 18.9. The van der Waals surface area contributed by atoms with Crippen LogP contribution in [0.5, 0.6) is 5.75 Å². The van der Waals surface area contributed by atoms with Gasteiger partial charge in [0.1, 0.15) is 18.5 Å². The van der Waals surface area contributed by atoms with Crippen LogP contribution in [0.25, 0.3) is 0 Å². The number of fused-ring (bicyclic) bond motifs is 3. The highest BCUT2D eigenvalue weighted by Gasteiger charge is 2.45. The zero-order valence-electron chi connectivity index (χ0n) is 16.5. The van der Waals surface area contributed by atoms with E-state index in [0.29, 0.717) is 13.0 Å². The van der Waals surface area contributed by atoms with Crippen molar-refractivity contribution in [1.29, 1.82) is 0 Å². The van der Waals surface area contributed by atoms with Crippen LogP contribution >= 0.6 is 12.4 Å². The summed E-state index contributed by atoms with van der Waals surface area (Å²) in [6, 6.07) is 6.32. The van der Waals surface area contributed by atoms with Gasteiger partial charge in [-0.3, -0.25) is 4.90 Å². The summed E-state index contributed by atoms with van der Waals surface area (Å²) in [5.74, 6) is 0.671. The summed E-state index contributed by atoms with van der Waals surface area (Å²) >= 11 is 0. The minimum absolute atomic E-state index is 0. The Labute approximate surface area is 172 Å². The predicted octanol–water partition coefficient (Wildman–Crippen LogP) is 3.20. The normalized spacial score (nSPS) is 27.5. The number of halogens is 1. The van der Waals surface area contributed by atoms with Gasteiger partial charge in [0, 0.05) is 37.7 Å². The summed E-state index contributed by atoms with van der Waals surface area (Å²) in [5.41, 5.74) is 3.28. The Kier molecular flexibility index (Phi) is 6.48. The lowest BCUT2D eigenvalue weighted by Crippen LogP contribution is -2.38. The third-order valence-corrected chi connectivity index (χ3v) is 5.78. The summed E-state index contributed by atoms with van der Waals surface area (Å²) in [4.78, 5) is 14.4. The van der Waals surface area contributed by atoms with E-state index in [4.69, 9.17) is 14.2 Å². The van der Waals surface area contributed by atoms with Crippen LogP contribution in [-0.4, -0.2) is 56.4 Å². The molecule has 2 heterocycles. The molecule has 6 heteroatoms. The van der Waals surface area contributed by atoms with Crippen LogP contribution in [0.15, 0.2) is 42.0 Å². The molecular weight excluding hydrogens is 378 g/mol. The first-order valence-corrected chi connectivity index (χ1v) is 9.69. The van der Waals surface area contributed by atoms with Crippen molar-refractivity contribution in [1.82, 2.24) is 4.90 Å². The number of nitrogens with zero attached hydrogens (tertiary/aromatic N) is 1. The molecule has 152 valence electrons. The van der Waals surface area contributed by atoms with E-state index in [0.717, 1.165) is 44.2 Å². The van der Waals surface area contributed by atoms with Crippen LogP contribution in [0.2, 0.25) is 0 Å². The van der Waals surface area contributed by atoms with Crippen LogP contribution in [0.1, 0.15) is 24.5 Å². The average Bonchev–Trinajstić information content (AvgIpc) is 2.94. The largest absolute Gasteiger partial charge is 0.489 e. The molecule has 1 aliphatic carbocycles. The first-order valence-electron chi connectivity index (χ1n) is 9.69. The molecule has 0 bridgehead atoms. The molecule has 0 N–H and O–H groups in total. The zero-order valence-corrected chi connectivity index (χ0v) is 17.3. The summed E-state index contributed by atoms with van der Waals surface area (Å²) < 4.78 is 16.9. The summed E-state index contributed by atoms with van der Waals surface area (Å²) in [7, 11) is 0. The number of aryl methyl sites for hydroxylation is 1. The van der Waals surface area contributed by atoms with Crippen molar-refractivity contribution in [2.24, 2.45) is 0 Å². The van der Waals surface area contributed by atoms with Crippen LogP contribution in [-0.2, 0) is 19.7 Å². The second-order valence-electron chi connectivity index (χ2n) is 7.77. The third kappa shape index (κ3) is 4.27. The van der Waals surface area contributed by atoms with Crippen molar-refractivity contribution >= 4 is 18.4 Å². The van der Waals surface area contributed by atoms with Crippen molar-refractivity contribution in [2.45, 2.75) is 31.8 Å². The molecule has 1 fully saturated rings. The van der Waals surface area contributed by atoms with Crippen molar-refractivity contribution in [3.63, 3.8) is 0 Å². The fourth-order valence-electron chi connectivity index (χ4n) is 4.03. The fraction of sp³-hybridized carbons (Fsp3) is 0.500. The van der Waals surface area contributed by atoms with E-state index in [1.54, 1.807) is 6.08 Å². The topological polar surface area (TPSA) is 48.0 Å². The first kappa shape index (κ1) is 20.9. The highest BCUT2D eigenvalue weighted by Crippen LogP contribution is 2.48. The molecule has 3 aliphatic rings. The van der Waals surface area contributed by atoms with Gasteiger partial charge in [0.05, 0.1) is 18.6 Å². The van der Waals surface area contributed by atoms with E-state index in [2.05, 4.69) is 37.0 Å². The van der Waals surface area contributed by atoms with Crippen LogP contribution < -0.4 is 4.74 Å². The fourth-order valence-corrected chi connectivity index (χ4v) is 4.03. The number of rotatable bonds is 4. The quantitative estimate of drug-likeness (QED) is 0.568. The minimum Gasteiger partial charge on any atom is -0.489 e. The summed E-state index contributed by atoms with van der Waals surface area (Å²) in [6.07, 6.45) is 6.54. The van der Waals surface area contributed by atoms with Gasteiger partial charge >= 0.3 is 5.97 Å². The second-order valence-corrected chi connectivity index (χ2v) is 7.77. The van der Waals surface area contributed by atoms with Crippen molar-refractivity contribution in [3.8, 4) is 5.75 Å². The van der Waals surface area contributed by atoms with Crippen molar-refractivity contribution in [3.05, 3.63) is 53.1 Å². The molecule has 0 aromatic heterocycles. The molecule has 1 saturated heterocycles. The minimum atomic E-state index is -0.280. The van der Waals surface area contributed by atoms with Gasteiger partial charge in [-0.25, -0.2) is 4.79 Å². The lowest BCUT2D eigenvalue weighted by atomic mass is 9.73. The Morgan fingerprint density at radius 3 is 2.93 bits per heavy atom. The van der Waals surface area contributed by atoms with Gasteiger partial charge in [-0.1, -0.05) is 29.8 Å². The highest BCUT2D eigenvalue weighted by molar-refractivity contribution is 5.85. The van der Waals surface area contributed by atoms with Gasteiger partial charge in [0.2, 0.25) is 0 Å². The number of benzene rings is 1. The van der Waals surface area contributed by atoms with Crippen molar-refractivity contribution in [2.75, 3.05) is 39.5 Å². The molecule has 2 aliphatic heterocycles. The van der Waals surface area contributed by atoms with E-state index in [1.807, 2.05) is 12.1 Å². The average molecular weight is 406 g/mol. The number of ether oxygens (including phenoxy) is 3. The Balaban J connectivity index is 0.00000225. The summed E-state index contributed by atoms with van der Waals surface area (Å²) in [5, 5.41) is 0. The first-order chi connectivity index (χ1) is 13.0. The number of carbonyl (C=O) groups excluding carboxylic acids is 1. The number of allylic oxidation sites excluding steroid dienone is 1. The monoisotopic (exact) mass is 405 g/mol. The third-order valence-electron chi connectivity index (χ3n) is 5.78. The van der Waals surface area contributed by atoms with E-state index >= 15 is 0 Å². The van der Waals surface area contributed by atoms with E-state index < -0.39 is 0 Å². The maximum absolute atomic E-state index is 12.2. The van der Waals surface area contributed by atoms with Crippen LogP contribution in [0.4, 0.5) is 0 Å². The van der Waals surface area contributed by atoms with Gasteiger partial charge in [-0.2, -0.15) is 0 Å². The second kappa shape index (κ2) is 8.68. The Bertz CT molecular complexity index is 785. The number of esters is 1. The molecule has 1 aromatic carbocycles. The Morgan fingerprint density at radius 1 is 1.36 bits per heavy atom. The molecule has 1 aromatic rings. The lowest BCUT2D eigenvalue weighted by molar-refractivity contribution is -0.138. The molecular formula is C22H28ClNO4.